The van der Waals surface area contributed by atoms with Crippen molar-refractivity contribution in [3.63, 3.8) is 0 Å². The molecule has 1 aliphatic carbocycles. The summed E-state index contributed by atoms with van der Waals surface area (Å²) in [6.45, 7) is 0. The molecule has 0 radical (unpaired) electrons. The van der Waals surface area contributed by atoms with Crippen LogP contribution >= 0.6 is 11.3 Å². The number of hydrogen-bond acceptors (Lipinski definition) is 7. The van der Waals surface area contributed by atoms with Crippen LogP contribution < -0.4 is 10.6 Å². The minimum Gasteiger partial charge on any atom is -0.384 e. The zero-order valence-electron chi connectivity index (χ0n) is 12.7. The molecule has 2 aromatic heterocycles. The number of nitrogens with one attached hydrogen (secondary N) is 1. The van der Waals surface area contributed by atoms with Crippen LogP contribution in [0, 0.1) is 11.3 Å². The predicted octanol–water partition coefficient (Wildman–Crippen LogP) is 2.17. The lowest BCUT2D eigenvalue weighted by atomic mass is 9.76. The molecular formula is C16H14N6OS. The maximum absolute atomic E-state index is 12.7. The number of allylic oxidation sites excluding steroid dienone is 3. The molecule has 0 saturated carbocycles. The Bertz CT molecular complexity index is 888. The Morgan fingerprint density at radius 2 is 2.33 bits per heavy atom. The van der Waals surface area contributed by atoms with Crippen molar-refractivity contribution in [1.82, 2.24) is 15.2 Å². The number of aromatic nitrogens is 3. The number of aromatic amines is 1. The molecular weight excluding hydrogens is 324 g/mol. The zero-order valence-corrected chi connectivity index (χ0v) is 13.5. The first-order chi connectivity index (χ1) is 11.7. The number of hydrogen-bond donors (Lipinski definition) is 2. The fraction of sp³-hybridized carbons (Fsp3) is 0.250. The normalized spacial score (nSPS) is 21.0. The molecule has 0 amide bonds. The molecule has 1 aliphatic heterocycles. The highest BCUT2D eigenvalue weighted by molar-refractivity contribution is 7.08. The molecule has 2 aromatic rings. The van der Waals surface area contributed by atoms with Gasteiger partial charge in [-0.05, 0) is 35.2 Å². The number of anilines is 1. The molecule has 0 saturated heterocycles. The first-order valence-corrected chi connectivity index (χ1v) is 8.50. The maximum atomic E-state index is 12.7. The average Bonchev–Trinajstić information content (AvgIpc) is 3.27. The quantitative estimate of drug-likeness (QED) is 0.868. The smallest absolute Gasteiger partial charge is 0.231 e. The number of nitrogens with two attached hydrogens (primary N) is 1. The van der Waals surface area contributed by atoms with Gasteiger partial charge >= 0.3 is 0 Å². The van der Waals surface area contributed by atoms with E-state index in [0.717, 1.165) is 17.7 Å². The van der Waals surface area contributed by atoms with E-state index >= 15 is 0 Å². The lowest BCUT2D eigenvalue weighted by Gasteiger charge is -2.37. The first kappa shape index (κ1) is 14.7. The Labute approximate surface area is 142 Å². The van der Waals surface area contributed by atoms with Gasteiger partial charge in [0, 0.05) is 17.7 Å². The van der Waals surface area contributed by atoms with E-state index in [1.165, 1.54) is 17.7 Å². The Kier molecular flexibility index (Phi) is 3.43. The monoisotopic (exact) mass is 338 g/mol. The summed E-state index contributed by atoms with van der Waals surface area (Å²) in [4.78, 5) is 18.5. The molecule has 2 aliphatic rings. The molecule has 1 unspecified atom stereocenters. The second-order valence-electron chi connectivity index (χ2n) is 5.68. The molecule has 3 N–H and O–H groups in total. The van der Waals surface area contributed by atoms with Crippen molar-refractivity contribution in [2.45, 2.75) is 25.2 Å². The largest absolute Gasteiger partial charge is 0.384 e. The highest BCUT2D eigenvalue weighted by Crippen LogP contribution is 2.45. The number of ketones is 1. The number of carbonyl (C=O) groups is 1. The molecule has 120 valence electrons. The van der Waals surface area contributed by atoms with Gasteiger partial charge in [-0.2, -0.15) is 26.7 Å². The molecule has 3 heterocycles. The number of Topliss-reactive ketones (excluding diaryl/α,β-unsaturated/α-hetero) is 1. The van der Waals surface area contributed by atoms with Gasteiger partial charge in [-0.3, -0.25) is 9.69 Å². The van der Waals surface area contributed by atoms with E-state index in [0.29, 0.717) is 35.8 Å². The van der Waals surface area contributed by atoms with Crippen LogP contribution in [0.1, 0.15) is 30.7 Å². The van der Waals surface area contributed by atoms with E-state index in [1.807, 2.05) is 16.8 Å². The fourth-order valence-corrected chi connectivity index (χ4v) is 4.09. The number of rotatable bonds is 2. The predicted molar refractivity (Wildman–Crippen MR) is 88.6 cm³/mol. The van der Waals surface area contributed by atoms with Gasteiger partial charge in [-0.1, -0.05) is 0 Å². The van der Waals surface area contributed by atoms with Crippen molar-refractivity contribution in [1.29, 1.82) is 5.26 Å². The van der Waals surface area contributed by atoms with Gasteiger partial charge in [-0.15, -0.1) is 0 Å². The molecule has 24 heavy (non-hydrogen) atoms. The average molecular weight is 338 g/mol. The second kappa shape index (κ2) is 5.62. The maximum Gasteiger partial charge on any atom is 0.231 e. The van der Waals surface area contributed by atoms with Crippen molar-refractivity contribution >= 4 is 23.1 Å². The Morgan fingerprint density at radius 3 is 3.00 bits per heavy atom. The van der Waals surface area contributed by atoms with Crippen LogP contribution in [-0.4, -0.2) is 21.0 Å². The lowest BCUT2D eigenvalue weighted by molar-refractivity contribution is -0.116. The van der Waals surface area contributed by atoms with E-state index in [9.17, 15) is 10.1 Å². The zero-order chi connectivity index (χ0) is 16.7. The minimum absolute atomic E-state index is 0.0669. The molecule has 4 rings (SSSR count). The van der Waals surface area contributed by atoms with Gasteiger partial charge in [0.1, 0.15) is 12.1 Å². The van der Waals surface area contributed by atoms with Crippen molar-refractivity contribution in [3.8, 4) is 6.07 Å². The van der Waals surface area contributed by atoms with E-state index in [-0.39, 0.29) is 5.78 Å². The molecule has 0 fully saturated rings. The third kappa shape index (κ3) is 2.06. The summed E-state index contributed by atoms with van der Waals surface area (Å²) in [5, 5.41) is 20.3. The summed E-state index contributed by atoms with van der Waals surface area (Å²) in [7, 11) is 0. The van der Waals surface area contributed by atoms with E-state index < -0.39 is 5.92 Å². The lowest BCUT2D eigenvalue weighted by Crippen LogP contribution is -2.39. The van der Waals surface area contributed by atoms with E-state index in [1.54, 1.807) is 4.90 Å². The molecule has 0 aromatic carbocycles. The summed E-state index contributed by atoms with van der Waals surface area (Å²) in [5.74, 6) is 0.394. The second-order valence-corrected chi connectivity index (χ2v) is 6.46. The van der Waals surface area contributed by atoms with Crippen LogP contribution in [0.4, 0.5) is 5.95 Å². The van der Waals surface area contributed by atoms with Gasteiger partial charge in [0.2, 0.25) is 5.95 Å². The van der Waals surface area contributed by atoms with Crippen LogP contribution in [0.3, 0.4) is 0 Å². The van der Waals surface area contributed by atoms with Gasteiger partial charge < -0.3 is 5.73 Å². The molecule has 8 heteroatoms. The topological polar surface area (TPSA) is 112 Å². The Hall–Kier alpha value is -2.92. The van der Waals surface area contributed by atoms with Gasteiger partial charge in [-0.25, -0.2) is 5.10 Å². The van der Waals surface area contributed by atoms with Crippen LogP contribution in [-0.2, 0) is 4.79 Å². The molecule has 1 atom stereocenters. The Balaban J connectivity index is 1.98. The number of H-pyrrole nitrogens is 1. The first-order valence-electron chi connectivity index (χ1n) is 7.56. The Morgan fingerprint density at radius 1 is 1.46 bits per heavy atom. The van der Waals surface area contributed by atoms with Crippen LogP contribution in [0.15, 0.2) is 45.8 Å². The third-order valence-electron chi connectivity index (χ3n) is 4.40. The summed E-state index contributed by atoms with van der Waals surface area (Å²) >= 11 is 1.54. The van der Waals surface area contributed by atoms with Gasteiger partial charge in [0.05, 0.1) is 17.6 Å². The van der Waals surface area contributed by atoms with E-state index in [4.69, 9.17) is 5.73 Å². The van der Waals surface area contributed by atoms with Crippen molar-refractivity contribution in [3.05, 3.63) is 51.4 Å². The summed E-state index contributed by atoms with van der Waals surface area (Å²) in [5.41, 5.74) is 9.10. The number of nitrogens with zero attached hydrogens (tertiary/aromatic N) is 4. The van der Waals surface area contributed by atoms with Crippen LogP contribution in [0.2, 0.25) is 0 Å². The molecule has 0 spiro atoms. The summed E-state index contributed by atoms with van der Waals surface area (Å²) in [6.07, 6.45) is 3.34. The van der Waals surface area contributed by atoms with Crippen molar-refractivity contribution in [2.75, 3.05) is 4.90 Å². The number of carbonyl (C=O) groups excluding carboxylic acids is 1. The number of nitriles is 1. The third-order valence-corrected chi connectivity index (χ3v) is 5.11. The van der Waals surface area contributed by atoms with Crippen LogP contribution in [0.25, 0.3) is 0 Å². The summed E-state index contributed by atoms with van der Waals surface area (Å²) in [6, 6.07) is 4.15. The SMILES string of the molecule is N#CC1=C(N)N(c2ncn[nH]2)C2=C(C(=O)CCC2)C1c1ccsc1. The van der Waals surface area contributed by atoms with Crippen LogP contribution in [0.5, 0.6) is 0 Å². The highest BCUT2D eigenvalue weighted by atomic mass is 32.1. The minimum atomic E-state index is -0.400. The van der Waals surface area contributed by atoms with Crippen molar-refractivity contribution in [2.24, 2.45) is 5.73 Å². The highest BCUT2D eigenvalue weighted by Gasteiger charge is 2.41. The van der Waals surface area contributed by atoms with Gasteiger partial charge in [0.25, 0.3) is 0 Å². The molecule has 0 bridgehead atoms. The summed E-state index contributed by atoms with van der Waals surface area (Å²) < 4.78 is 0. The fourth-order valence-electron chi connectivity index (χ4n) is 3.41. The van der Waals surface area contributed by atoms with Crippen molar-refractivity contribution < 1.29 is 4.79 Å². The number of thiophene rings is 1. The van der Waals surface area contributed by atoms with E-state index in [2.05, 4.69) is 21.3 Å². The van der Waals surface area contributed by atoms with Gasteiger partial charge in [0.15, 0.2) is 5.78 Å². The molecule has 7 nitrogen and oxygen atoms in total. The standard InChI is InChI=1S/C16H14N6OS/c17-6-10-13(9-4-5-24-7-9)14-11(2-1-3-12(14)23)22(15(10)18)16-19-8-20-21-16/h4-5,7-8,13H,1-3,18H2,(H,19,20,21).